The highest BCUT2D eigenvalue weighted by Crippen LogP contribution is 2.45. The van der Waals surface area contributed by atoms with E-state index in [0.717, 1.165) is 44.7 Å². The first-order chi connectivity index (χ1) is 32.2. The number of guanidine groups is 1. The number of halogens is 1. The molecule has 0 saturated heterocycles. The van der Waals surface area contributed by atoms with Gasteiger partial charge in [-0.15, -0.1) is 0 Å². The van der Waals surface area contributed by atoms with Gasteiger partial charge in [-0.2, -0.15) is 0 Å². The highest BCUT2D eigenvalue weighted by atomic mass is 35.5. The lowest BCUT2D eigenvalue weighted by atomic mass is 9.92. The summed E-state index contributed by atoms with van der Waals surface area (Å²) in [6.45, 7) is 8.86. The molecule has 0 aliphatic carbocycles. The first-order valence-corrected chi connectivity index (χ1v) is 23.5. The van der Waals surface area contributed by atoms with Gasteiger partial charge >= 0.3 is 5.97 Å². The van der Waals surface area contributed by atoms with E-state index in [-0.39, 0.29) is 44.3 Å². The fraction of sp³-hybridized carbons (Fsp3) is 0.404. The molecule has 14 nitrogen and oxygen atoms in total. The third-order valence-corrected chi connectivity index (χ3v) is 11.4. The molecule has 0 aliphatic heterocycles. The van der Waals surface area contributed by atoms with E-state index >= 15 is 0 Å². The molecular weight excluding hydrogens is 870 g/mol. The van der Waals surface area contributed by atoms with Crippen LogP contribution in [0.5, 0.6) is 11.5 Å². The molecular formula is C52H66ClN7O7. The number of rotatable bonds is 26. The Hall–Kier alpha value is -6.38. The second-order valence-electron chi connectivity index (χ2n) is 17.5. The van der Waals surface area contributed by atoms with Gasteiger partial charge in [-0.3, -0.25) is 19.8 Å². The summed E-state index contributed by atoms with van der Waals surface area (Å²) in [7, 11) is 0. The predicted octanol–water partition coefficient (Wildman–Crippen LogP) is 7.75. The van der Waals surface area contributed by atoms with E-state index in [1.807, 2.05) is 80.6 Å². The quantitative estimate of drug-likeness (QED) is 0.0124. The van der Waals surface area contributed by atoms with Crippen molar-refractivity contribution in [2.45, 2.75) is 97.4 Å². The molecule has 67 heavy (non-hydrogen) atoms. The number of amides is 3. The summed E-state index contributed by atoms with van der Waals surface area (Å²) in [5.74, 6) is -1.01. The van der Waals surface area contributed by atoms with Crippen LogP contribution in [0.3, 0.4) is 0 Å². The second-order valence-corrected chi connectivity index (χ2v) is 17.9. The molecule has 5 aromatic carbocycles. The molecule has 3 amide bonds. The molecule has 9 N–H and O–H groups in total. The molecule has 0 heterocycles. The van der Waals surface area contributed by atoms with Gasteiger partial charge in [-0.25, -0.2) is 4.79 Å². The fourth-order valence-corrected chi connectivity index (χ4v) is 7.79. The van der Waals surface area contributed by atoms with Crippen molar-refractivity contribution in [1.29, 1.82) is 5.41 Å². The monoisotopic (exact) mass is 935 g/mol. The molecule has 5 aromatic rings. The standard InChI is InChI=1S/C52H66ClN7O7/c1-33(2)26-29-65-44-24-20-36-12-5-7-14-39(36)47(44)48-40-15-8-6-13-37(40)21-25-45(48)66-32-46(61)58-41(16-9-10-27-54)49(62)59-42(17-11-28-57-52(55)56)50(63)60-43(30-34(3)4)51(64)67-31-35-18-22-38(53)23-19-35/h5-8,12-15,18-25,33-34,41-43H,9-11,16-17,26-32,54H2,1-4H3,(H,58,61)(H,59,62)(H,60,63)(H4,55,56,57)/t41-,42-,43+/m1/s1. The van der Waals surface area contributed by atoms with Gasteiger partial charge in [0.25, 0.3) is 5.91 Å². The van der Waals surface area contributed by atoms with Crippen LogP contribution in [0.2, 0.25) is 5.02 Å². The van der Waals surface area contributed by atoms with Crippen LogP contribution in [0.25, 0.3) is 32.7 Å². The molecule has 0 radical (unpaired) electrons. The number of unbranched alkanes of at least 4 members (excludes halogenated alkanes) is 1. The average Bonchev–Trinajstić information content (AvgIpc) is 3.30. The largest absolute Gasteiger partial charge is 0.493 e. The first kappa shape index (κ1) is 51.6. The maximum Gasteiger partial charge on any atom is 0.328 e. The van der Waals surface area contributed by atoms with Crippen LogP contribution in [0.15, 0.2) is 97.1 Å². The Morgan fingerprint density at radius 1 is 0.657 bits per heavy atom. The van der Waals surface area contributed by atoms with Crippen molar-refractivity contribution < 1.29 is 33.4 Å². The minimum Gasteiger partial charge on any atom is -0.493 e. The number of carbonyl (C=O) groups is 4. The van der Waals surface area contributed by atoms with Gasteiger partial charge in [0.2, 0.25) is 11.8 Å². The van der Waals surface area contributed by atoms with E-state index in [1.165, 1.54) is 0 Å². The Bertz CT molecular complexity index is 2450. The summed E-state index contributed by atoms with van der Waals surface area (Å²) >= 11 is 6.02. The van der Waals surface area contributed by atoms with Crippen LogP contribution < -0.4 is 42.2 Å². The van der Waals surface area contributed by atoms with Crippen molar-refractivity contribution in [3.05, 3.63) is 108 Å². The maximum atomic E-state index is 14.2. The number of ether oxygens (including phenoxy) is 3. The van der Waals surface area contributed by atoms with Crippen LogP contribution in [-0.2, 0) is 30.5 Å². The third kappa shape index (κ3) is 15.9. The summed E-state index contributed by atoms with van der Waals surface area (Å²) in [5.41, 5.74) is 13.7. The Balaban J connectivity index is 1.37. The van der Waals surface area contributed by atoms with Gasteiger partial charge in [0.15, 0.2) is 12.6 Å². The topological polar surface area (TPSA) is 220 Å². The van der Waals surface area contributed by atoms with E-state index in [9.17, 15) is 19.2 Å². The number of fused-ring (bicyclic) bond motifs is 2. The molecule has 0 spiro atoms. The van der Waals surface area contributed by atoms with E-state index < -0.39 is 48.4 Å². The number of hydrogen-bond donors (Lipinski definition) is 7. The zero-order valence-electron chi connectivity index (χ0n) is 39.0. The van der Waals surface area contributed by atoms with E-state index in [1.54, 1.807) is 24.3 Å². The lowest BCUT2D eigenvalue weighted by Gasteiger charge is -2.26. The van der Waals surface area contributed by atoms with E-state index in [2.05, 4.69) is 41.2 Å². The molecule has 0 bridgehead atoms. The van der Waals surface area contributed by atoms with Gasteiger partial charge in [-0.05, 0) is 115 Å². The van der Waals surface area contributed by atoms with Gasteiger partial charge in [0.1, 0.15) is 36.2 Å². The zero-order valence-corrected chi connectivity index (χ0v) is 39.8. The van der Waals surface area contributed by atoms with Gasteiger partial charge in [0.05, 0.1) is 6.61 Å². The lowest BCUT2D eigenvalue weighted by Crippen LogP contribution is -2.56. The maximum absolute atomic E-state index is 14.2. The molecule has 0 saturated carbocycles. The van der Waals surface area contributed by atoms with Crippen molar-refractivity contribution in [2.24, 2.45) is 23.3 Å². The van der Waals surface area contributed by atoms with Crippen molar-refractivity contribution in [2.75, 3.05) is 26.3 Å². The van der Waals surface area contributed by atoms with E-state index in [0.29, 0.717) is 54.9 Å². The molecule has 0 aromatic heterocycles. The second kappa shape index (κ2) is 26.1. The third-order valence-electron chi connectivity index (χ3n) is 11.2. The van der Waals surface area contributed by atoms with Crippen molar-refractivity contribution in [1.82, 2.24) is 21.3 Å². The molecule has 0 unspecified atom stereocenters. The predicted molar refractivity (Wildman–Crippen MR) is 266 cm³/mol. The van der Waals surface area contributed by atoms with Crippen LogP contribution in [-0.4, -0.2) is 74.1 Å². The highest BCUT2D eigenvalue weighted by molar-refractivity contribution is 6.30. The number of benzene rings is 5. The Kier molecular flexibility index (Phi) is 20.1. The van der Waals surface area contributed by atoms with Crippen LogP contribution in [0.4, 0.5) is 0 Å². The number of esters is 1. The number of carbonyl (C=O) groups excluding carboxylic acids is 4. The fourth-order valence-electron chi connectivity index (χ4n) is 7.67. The minimum atomic E-state index is -1.12. The molecule has 0 aliphatic rings. The molecule has 358 valence electrons. The molecule has 3 atom stereocenters. The van der Waals surface area contributed by atoms with Crippen molar-refractivity contribution in [3.8, 4) is 22.6 Å². The zero-order chi connectivity index (χ0) is 48.3. The first-order valence-electron chi connectivity index (χ1n) is 23.1. The SMILES string of the molecule is CC(C)CCOc1ccc2ccccc2c1-c1c(OCC(=O)N[C@H](CCCCN)C(=O)N[C@H](CCCNC(=N)N)C(=O)N[C@@H](CC(C)C)C(=O)OCc2ccc(Cl)cc2)ccc2ccccc12. The smallest absolute Gasteiger partial charge is 0.328 e. The van der Waals surface area contributed by atoms with E-state index in [4.69, 9.17) is 42.7 Å². The molecule has 15 heteroatoms. The molecule has 0 fully saturated rings. The van der Waals surface area contributed by atoms with Crippen molar-refractivity contribution >= 4 is 62.8 Å². The Morgan fingerprint density at radius 3 is 1.81 bits per heavy atom. The Morgan fingerprint density at radius 2 is 1.22 bits per heavy atom. The van der Waals surface area contributed by atoms with Crippen LogP contribution in [0, 0.1) is 17.2 Å². The lowest BCUT2D eigenvalue weighted by molar-refractivity contribution is -0.150. The summed E-state index contributed by atoms with van der Waals surface area (Å²) in [5, 5.41) is 23.2. The van der Waals surface area contributed by atoms with Crippen molar-refractivity contribution in [3.63, 3.8) is 0 Å². The summed E-state index contributed by atoms with van der Waals surface area (Å²) in [4.78, 5) is 55.6. The minimum absolute atomic E-state index is 0.00775. The number of nitrogens with two attached hydrogens (primary N) is 2. The highest BCUT2D eigenvalue weighted by Gasteiger charge is 2.31. The summed E-state index contributed by atoms with van der Waals surface area (Å²) in [6.07, 6.45) is 2.95. The number of nitrogens with one attached hydrogen (secondary N) is 5. The van der Waals surface area contributed by atoms with Gasteiger partial charge in [0, 0.05) is 22.7 Å². The van der Waals surface area contributed by atoms with Gasteiger partial charge < -0.3 is 46.9 Å². The Labute approximate surface area is 398 Å². The number of hydrogen-bond acceptors (Lipinski definition) is 9. The van der Waals surface area contributed by atoms with Crippen LogP contribution in [0.1, 0.15) is 78.2 Å². The average molecular weight is 937 g/mol. The molecule has 5 rings (SSSR count). The normalized spacial score (nSPS) is 12.6. The summed E-state index contributed by atoms with van der Waals surface area (Å²) < 4.78 is 18.5. The van der Waals surface area contributed by atoms with Gasteiger partial charge in [-0.1, -0.05) is 112 Å². The summed E-state index contributed by atoms with van der Waals surface area (Å²) in [6, 6.07) is 27.6. The van der Waals surface area contributed by atoms with Crippen LogP contribution >= 0.6 is 11.6 Å².